The molecule has 0 spiro atoms. The highest BCUT2D eigenvalue weighted by Crippen LogP contribution is 2.18. The lowest BCUT2D eigenvalue weighted by atomic mass is 9.90. The predicted molar refractivity (Wildman–Crippen MR) is 94.5 cm³/mol. The topological polar surface area (TPSA) is 142 Å². The number of rotatable bonds is 10. The summed E-state index contributed by atoms with van der Waals surface area (Å²) in [6.07, 6.45) is 1.87. The van der Waals surface area contributed by atoms with Crippen molar-refractivity contribution in [2.75, 3.05) is 0 Å². The maximum Gasteiger partial charge on any atom is 0.359 e. The maximum absolute atomic E-state index is 12.5. The molecule has 0 saturated carbocycles. The van der Waals surface area contributed by atoms with Crippen LogP contribution in [0.25, 0.3) is 0 Å². The van der Waals surface area contributed by atoms with Crippen LogP contribution < -0.4 is 16.4 Å². The quantitative estimate of drug-likeness (QED) is 0.361. The van der Waals surface area contributed by atoms with Crippen molar-refractivity contribution in [2.45, 2.75) is 78.1 Å². The number of aliphatic hydroxyl groups is 1. The van der Waals surface area contributed by atoms with Gasteiger partial charge in [0.1, 0.15) is 6.04 Å². The fraction of sp³-hybridized carbons (Fsp3) is 0.824. The Morgan fingerprint density at radius 1 is 1.12 bits per heavy atom. The van der Waals surface area contributed by atoms with Crippen LogP contribution in [0.15, 0.2) is 0 Å². The van der Waals surface area contributed by atoms with Crippen molar-refractivity contribution >= 4 is 17.8 Å². The molecule has 0 aromatic rings. The highest BCUT2D eigenvalue weighted by atomic mass is 16.4. The van der Waals surface area contributed by atoms with Gasteiger partial charge in [0.15, 0.2) is 0 Å². The second-order valence-electron chi connectivity index (χ2n) is 7.80. The van der Waals surface area contributed by atoms with Crippen molar-refractivity contribution in [2.24, 2.45) is 17.6 Å². The van der Waals surface area contributed by atoms with Crippen LogP contribution in [0.4, 0.5) is 0 Å². The van der Waals surface area contributed by atoms with E-state index < -0.39 is 29.2 Å². The van der Waals surface area contributed by atoms with Gasteiger partial charge in [0, 0.05) is 6.42 Å². The molecule has 146 valence electrons. The molecule has 8 heteroatoms. The van der Waals surface area contributed by atoms with E-state index in [0.29, 0.717) is 12.3 Å². The lowest BCUT2D eigenvalue weighted by Gasteiger charge is -2.37. The highest BCUT2D eigenvalue weighted by Gasteiger charge is 2.50. The molecule has 2 atom stereocenters. The maximum atomic E-state index is 12.5. The van der Waals surface area contributed by atoms with Crippen molar-refractivity contribution in [1.29, 1.82) is 0 Å². The van der Waals surface area contributed by atoms with Gasteiger partial charge in [0.25, 0.3) is 5.72 Å². The summed E-state index contributed by atoms with van der Waals surface area (Å²) in [5, 5.41) is 24.2. The third kappa shape index (κ3) is 6.99. The first-order valence-electron chi connectivity index (χ1n) is 8.58. The number of carbonyl (C=O) groups excluding carboxylic acids is 2. The van der Waals surface area contributed by atoms with E-state index in [9.17, 15) is 24.6 Å². The fourth-order valence-electron chi connectivity index (χ4n) is 2.20. The van der Waals surface area contributed by atoms with E-state index in [-0.39, 0.29) is 18.2 Å². The molecule has 2 unspecified atom stereocenters. The summed E-state index contributed by atoms with van der Waals surface area (Å²) in [7, 11) is 0. The molecule has 25 heavy (non-hydrogen) atoms. The minimum absolute atomic E-state index is 0.278. The van der Waals surface area contributed by atoms with Crippen molar-refractivity contribution in [1.82, 2.24) is 10.6 Å². The molecule has 0 saturated heterocycles. The molecule has 0 radical (unpaired) electrons. The van der Waals surface area contributed by atoms with E-state index in [1.54, 1.807) is 13.8 Å². The van der Waals surface area contributed by atoms with Crippen LogP contribution in [0, 0.1) is 11.8 Å². The van der Waals surface area contributed by atoms with Gasteiger partial charge in [-0.1, -0.05) is 34.1 Å². The van der Waals surface area contributed by atoms with Crippen molar-refractivity contribution in [3.8, 4) is 0 Å². The summed E-state index contributed by atoms with van der Waals surface area (Å²) in [5.41, 5.74) is 1.42. The Labute approximate surface area is 149 Å². The minimum Gasteiger partial charge on any atom is -0.478 e. The van der Waals surface area contributed by atoms with Crippen LogP contribution in [0.3, 0.4) is 0 Å². The molecule has 0 aromatic carbocycles. The minimum atomic E-state index is -2.65. The van der Waals surface area contributed by atoms with E-state index >= 15 is 0 Å². The average Bonchev–Trinajstić information content (AvgIpc) is 2.42. The van der Waals surface area contributed by atoms with Crippen LogP contribution in [0.2, 0.25) is 0 Å². The SMILES string of the molecule is CC(C)CCCC(=O)NC(C(=O)NC(O)(C(=O)O)C(C)(C)N)C(C)C. The molecule has 0 aliphatic rings. The van der Waals surface area contributed by atoms with Gasteiger partial charge >= 0.3 is 5.97 Å². The number of carboxylic acids is 1. The molecule has 2 amide bonds. The molecular formula is C17H33N3O5. The Morgan fingerprint density at radius 3 is 2.00 bits per heavy atom. The Balaban J connectivity index is 5.07. The third-order valence-electron chi connectivity index (χ3n) is 4.00. The Morgan fingerprint density at radius 2 is 1.64 bits per heavy atom. The number of nitrogens with one attached hydrogen (secondary N) is 2. The summed E-state index contributed by atoms with van der Waals surface area (Å²) in [6, 6.07) is -0.972. The van der Waals surface area contributed by atoms with Crippen molar-refractivity contribution in [3.63, 3.8) is 0 Å². The number of hydrogen-bond donors (Lipinski definition) is 5. The second-order valence-corrected chi connectivity index (χ2v) is 7.80. The van der Waals surface area contributed by atoms with Gasteiger partial charge in [-0.05, 0) is 32.1 Å². The van der Waals surface area contributed by atoms with Gasteiger partial charge < -0.3 is 26.6 Å². The molecule has 6 N–H and O–H groups in total. The first-order valence-corrected chi connectivity index (χ1v) is 8.58. The Bertz CT molecular complexity index is 485. The molecule has 0 rings (SSSR count). The molecule has 0 aromatic heterocycles. The van der Waals surface area contributed by atoms with E-state index in [1.807, 2.05) is 0 Å². The normalized spacial score (nSPS) is 15.6. The zero-order chi connectivity index (χ0) is 20.0. The van der Waals surface area contributed by atoms with Gasteiger partial charge in [0.2, 0.25) is 11.8 Å². The number of hydrogen-bond acceptors (Lipinski definition) is 5. The number of carboxylic acid groups (broad SMARTS) is 1. The van der Waals surface area contributed by atoms with E-state index in [0.717, 1.165) is 6.42 Å². The first kappa shape index (κ1) is 23.3. The van der Waals surface area contributed by atoms with Gasteiger partial charge in [-0.25, -0.2) is 4.79 Å². The predicted octanol–water partition coefficient (Wildman–Crippen LogP) is 0.580. The van der Waals surface area contributed by atoms with Crippen LogP contribution in [-0.4, -0.2) is 45.3 Å². The summed E-state index contributed by atoms with van der Waals surface area (Å²) in [4.78, 5) is 35.9. The van der Waals surface area contributed by atoms with E-state index in [2.05, 4.69) is 24.5 Å². The van der Waals surface area contributed by atoms with Crippen LogP contribution in [0.1, 0.15) is 60.8 Å². The zero-order valence-electron chi connectivity index (χ0n) is 16.0. The van der Waals surface area contributed by atoms with Crippen molar-refractivity contribution in [3.05, 3.63) is 0 Å². The number of carbonyl (C=O) groups is 3. The summed E-state index contributed by atoms with van der Waals surface area (Å²) >= 11 is 0. The van der Waals surface area contributed by atoms with Crippen molar-refractivity contribution < 1.29 is 24.6 Å². The molecule has 0 aliphatic heterocycles. The standard InChI is InChI=1S/C17H33N3O5/c1-10(2)8-7-9-12(21)19-13(11(3)4)14(22)20-17(25,15(23)24)16(5,6)18/h10-11,13,25H,7-9,18H2,1-6H3,(H,19,21)(H,20,22)(H,23,24). The molecule has 0 fully saturated rings. The summed E-state index contributed by atoms with van der Waals surface area (Å²) in [6.45, 7) is 10.1. The van der Waals surface area contributed by atoms with Gasteiger partial charge in [0.05, 0.1) is 5.54 Å². The average molecular weight is 359 g/mol. The lowest BCUT2D eigenvalue weighted by Crippen LogP contribution is -2.72. The number of aliphatic carboxylic acids is 1. The fourth-order valence-corrected chi connectivity index (χ4v) is 2.20. The second kappa shape index (κ2) is 9.15. The van der Waals surface area contributed by atoms with Crippen LogP contribution >= 0.6 is 0 Å². The van der Waals surface area contributed by atoms with Gasteiger partial charge in [-0.15, -0.1) is 0 Å². The van der Waals surface area contributed by atoms with Crippen LogP contribution in [-0.2, 0) is 14.4 Å². The Kier molecular flexibility index (Phi) is 8.53. The van der Waals surface area contributed by atoms with E-state index in [4.69, 9.17) is 5.73 Å². The summed E-state index contributed by atoms with van der Waals surface area (Å²) < 4.78 is 0. The summed E-state index contributed by atoms with van der Waals surface area (Å²) in [5.74, 6) is -2.57. The van der Waals surface area contributed by atoms with E-state index in [1.165, 1.54) is 13.8 Å². The zero-order valence-corrected chi connectivity index (χ0v) is 16.0. The number of nitrogens with two attached hydrogens (primary N) is 1. The molecule has 0 heterocycles. The lowest BCUT2D eigenvalue weighted by molar-refractivity contribution is -0.174. The first-order chi connectivity index (χ1) is 11.2. The molecule has 8 nitrogen and oxygen atoms in total. The number of amides is 2. The highest BCUT2D eigenvalue weighted by molar-refractivity contribution is 5.92. The monoisotopic (exact) mass is 359 g/mol. The Hall–Kier alpha value is -1.67. The third-order valence-corrected chi connectivity index (χ3v) is 4.00. The largest absolute Gasteiger partial charge is 0.478 e. The molecule has 0 bridgehead atoms. The van der Waals surface area contributed by atoms with Crippen LogP contribution in [0.5, 0.6) is 0 Å². The molecule has 0 aliphatic carbocycles. The smallest absolute Gasteiger partial charge is 0.359 e. The molecular weight excluding hydrogens is 326 g/mol. The van der Waals surface area contributed by atoms with Gasteiger partial charge in [-0.3, -0.25) is 9.59 Å². The van der Waals surface area contributed by atoms with Gasteiger partial charge in [-0.2, -0.15) is 0 Å².